The van der Waals surface area contributed by atoms with E-state index in [1.165, 1.54) is 0 Å². The van der Waals surface area contributed by atoms with E-state index in [0.717, 1.165) is 12.8 Å². The van der Waals surface area contributed by atoms with Crippen LogP contribution >= 0.6 is 8.03 Å². The number of para-hydroxylation sites is 1. The van der Waals surface area contributed by atoms with Crippen LogP contribution in [0.1, 0.15) is 26.7 Å². The molecular weight excluding hydrogens is 207 g/mol. The van der Waals surface area contributed by atoms with Gasteiger partial charge in [0, 0.05) is 5.92 Å². The third kappa shape index (κ3) is 4.94. The average molecular weight is 225 g/mol. The molecule has 0 aliphatic carbocycles. The van der Waals surface area contributed by atoms with E-state index in [2.05, 4.69) is 13.8 Å². The van der Waals surface area contributed by atoms with E-state index >= 15 is 0 Å². The van der Waals surface area contributed by atoms with Crippen LogP contribution in [0.5, 0.6) is 5.75 Å². The minimum absolute atomic E-state index is 0.474. The minimum Gasteiger partial charge on any atom is -0.254 e. The van der Waals surface area contributed by atoms with Crippen molar-refractivity contribution in [1.82, 2.24) is 0 Å². The first-order valence-electron chi connectivity index (χ1n) is 5.40. The van der Waals surface area contributed by atoms with E-state index in [4.69, 9.17) is 4.52 Å². The Kier molecular flexibility index (Phi) is 5.34. The van der Waals surface area contributed by atoms with E-state index in [1.807, 2.05) is 30.3 Å². The lowest BCUT2D eigenvalue weighted by atomic mass is 10.1. The Labute approximate surface area is 92.5 Å². The second-order valence-electron chi connectivity index (χ2n) is 3.81. The summed E-state index contributed by atoms with van der Waals surface area (Å²) in [6.07, 6.45) is 2.90. The zero-order chi connectivity index (χ0) is 11.1. The molecule has 0 bridgehead atoms. The molecule has 15 heavy (non-hydrogen) atoms. The average Bonchev–Trinajstić information content (AvgIpc) is 2.19. The van der Waals surface area contributed by atoms with E-state index in [-0.39, 0.29) is 0 Å². The first kappa shape index (κ1) is 12.2. The van der Waals surface area contributed by atoms with Crippen LogP contribution in [0.4, 0.5) is 0 Å². The molecule has 1 aromatic rings. The Bertz CT molecular complexity index is 298. The van der Waals surface area contributed by atoms with Crippen LogP contribution < -0.4 is 4.52 Å². The van der Waals surface area contributed by atoms with Crippen molar-refractivity contribution >= 4 is 8.03 Å². The second kappa shape index (κ2) is 6.58. The van der Waals surface area contributed by atoms with E-state index in [1.54, 1.807) is 0 Å². The largest absolute Gasteiger partial charge is 0.556 e. The standard InChI is InChI=1S/C12H18O2P/c1-3-7-11(2)10-15(13)14-12-8-5-4-6-9-12/h4-6,8-9,11H,3,7,10H2,1-2H3/q+1. The molecule has 82 valence electrons. The maximum atomic E-state index is 11.6. The van der Waals surface area contributed by atoms with Gasteiger partial charge in [0.1, 0.15) is 0 Å². The Morgan fingerprint density at radius 2 is 2.00 bits per heavy atom. The number of benzene rings is 1. The number of hydrogen-bond acceptors (Lipinski definition) is 2. The molecule has 0 fully saturated rings. The summed E-state index contributed by atoms with van der Waals surface area (Å²) in [5.74, 6) is 1.17. The van der Waals surface area contributed by atoms with E-state index in [9.17, 15) is 4.57 Å². The van der Waals surface area contributed by atoms with Crippen molar-refractivity contribution < 1.29 is 9.09 Å². The SMILES string of the molecule is CCCC(C)C[P+](=O)Oc1ccccc1. The number of rotatable bonds is 6. The molecule has 0 aromatic heterocycles. The first-order chi connectivity index (χ1) is 7.22. The molecule has 0 aliphatic rings. The lowest BCUT2D eigenvalue weighted by Gasteiger charge is -2.01. The van der Waals surface area contributed by atoms with Crippen LogP contribution in [0.3, 0.4) is 0 Å². The van der Waals surface area contributed by atoms with Gasteiger partial charge in [-0.15, -0.1) is 0 Å². The molecular formula is C12H18O2P+. The van der Waals surface area contributed by atoms with Crippen molar-refractivity contribution in [3.05, 3.63) is 30.3 Å². The highest BCUT2D eigenvalue weighted by Crippen LogP contribution is 2.29. The van der Waals surface area contributed by atoms with Gasteiger partial charge in [-0.3, -0.25) is 4.52 Å². The molecule has 2 nitrogen and oxygen atoms in total. The van der Waals surface area contributed by atoms with Crippen molar-refractivity contribution in [2.75, 3.05) is 6.16 Å². The predicted octanol–water partition coefficient (Wildman–Crippen LogP) is 4.24. The van der Waals surface area contributed by atoms with Gasteiger partial charge in [-0.25, -0.2) is 0 Å². The van der Waals surface area contributed by atoms with Crippen LogP contribution in [0.2, 0.25) is 0 Å². The minimum atomic E-state index is -1.56. The van der Waals surface area contributed by atoms with Crippen molar-refractivity contribution in [2.24, 2.45) is 5.92 Å². The lowest BCUT2D eigenvalue weighted by molar-refractivity contribution is 0.484. The summed E-state index contributed by atoms with van der Waals surface area (Å²) >= 11 is 0. The van der Waals surface area contributed by atoms with Gasteiger partial charge < -0.3 is 0 Å². The molecule has 1 aromatic carbocycles. The monoisotopic (exact) mass is 225 g/mol. The molecule has 0 aliphatic heterocycles. The number of hydrogen-bond donors (Lipinski definition) is 0. The summed E-state index contributed by atoms with van der Waals surface area (Å²) in [5, 5.41) is 0. The molecule has 0 N–H and O–H groups in total. The fourth-order valence-electron chi connectivity index (χ4n) is 1.47. The summed E-state index contributed by atoms with van der Waals surface area (Å²) in [6, 6.07) is 9.34. The van der Waals surface area contributed by atoms with E-state index in [0.29, 0.717) is 17.8 Å². The molecule has 0 amide bonds. The summed E-state index contributed by atoms with van der Waals surface area (Å²) in [4.78, 5) is 0. The Hall–Kier alpha value is -0.880. The topological polar surface area (TPSA) is 26.3 Å². The molecule has 0 saturated heterocycles. The van der Waals surface area contributed by atoms with Gasteiger partial charge in [0.05, 0.1) is 0 Å². The molecule has 0 radical (unpaired) electrons. The fourth-order valence-corrected chi connectivity index (χ4v) is 2.60. The molecule has 0 spiro atoms. The summed E-state index contributed by atoms with van der Waals surface area (Å²) in [5.41, 5.74) is 0. The third-order valence-electron chi connectivity index (χ3n) is 2.19. The normalized spacial score (nSPS) is 13.3. The van der Waals surface area contributed by atoms with Crippen molar-refractivity contribution in [2.45, 2.75) is 26.7 Å². The van der Waals surface area contributed by atoms with Gasteiger partial charge in [-0.1, -0.05) is 38.5 Å². The second-order valence-corrected chi connectivity index (χ2v) is 5.03. The Morgan fingerprint density at radius 3 is 2.60 bits per heavy atom. The predicted molar refractivity (Wildman–Crippen MR) is 63.6 cm³/mol. The summed E-state index contributed by atoms with van der Waals surface area (Å²) in [6.45, 7) is 4.26. The zero-order valence-corrected chi connectivity index (χ0v) is 10.2. The van der Waals surface area contributed by atoms with Gasteiger partial charge in [-0.2, -0.15) is 0 Å². The van der Waals surface area contributed by atoms with Gasteiger partial charge in [-0.05, 0) is 23.1 Å². The first-order valence-corrected chi connectivity index (χ1v) is 6.76. The highest BCUT2D eigenvalue weighted by molar-refractivity contribution is 7.39. The highest BCUT2D eigenvalue weighted by atomic mass is 31.1. The van der Waals surface area contributed by atoms with Crippen molar-refractivity contribution in [3.8, 4) is 5.75 Å². The molecule has 2 atom stereocenters. The third-order valence-corrected chi connectivity index (χ3v) is 3.53. The van der Waals surface area contributed by atoms with Crippen LogP contribution in [0.15, 0.2) is 30.3 Å². The van der Waals surface area contributed by atoms with Gasteiger partial charge in [0.25, 0.3) is 0 Å². The molecule has 3 heteroatoms. The van der Waals surface area contributed by atoms with Gasteiger partial charge >= 0.3 is 8.03 Å². The molecule has 0 heterocycles. The Balaban J connectivity index is 2.36. The lowest BCUT2D eigenvalue weighted by Crippen LogP contribution is -1.99. The van der Waals surface area contributed by atoms with Gasteiger partial charge in [0.2, 0.25) is 0 Å². The van der Waals surface area contributed by atoms with Crippen molar-refractivity contribution in [3.63, 3.8) is 0 Å². The quantitative estimate of drug-likeness (QED) is 0.677. The maximum Gasteiger partial charge on any atom is 0.556 e. The van der Waals surface area contributed by atoms with Gasteiger partial charge in [0.15, 0.2) is 11.9 Å². The van der Waals surface area contributed by atoms with Crippen LogP contribution in [-0.4, -0.2) is 6.16 Å². The summed E-state index contributed by atoms with van der Waals surface area (Å²) < 4.78 is 17.0. The van der Waals surface area contributed by atoms with Crippen molar-refractivity contribution in [1.29, 1.82) is 0 Å². The maximum absolute atomic E-state index is 11.6. The van der Waals surface area contributed by atoms with E-state index < -0.39 is 8.03 Å². The molecule has 2 unspecified atom stereocenters. The highest BCUT2D eigenvalue weighted by Gasteiger charge is 2.22. The van der Waals surface area contributed by atoms with Crippen LogP contribution in [0, 0.1) is 5.92 Å². The van der Waals surface area contributed by atoms with Crippen LogP contribution in [-0.2, 0) is 4.57 Å². The zero-order valence-electron chi connectivity index (χ0n) is 9.35. The van der Waals surface area contributed by atoms with Crippen LogP contribution in [0.25, 0.3) is 0 Å². The smallest absolute Gasteiger partial charge is 0.254 e. The summed E-state index contributed by atoms with van der Waals surface area (Å²) in [7, 11) is -1.56. The Morgan fingerprint density at radius 1 is 1.33 bits per heavy atom. The fraction of sp³-hybridized carbons (Fsp3) is 0.500. The molecule has 1 rings (SSSR count). The molecule has 0 saturated carbocycles.